The second kappa shape index (κ2) is 24.8. The Morgan fingerprint density at radius 1 is 0.623 bits per heavy atom. The van der Waals surface area contributed by atoms with E-state index < -0.39 is 148 Å². The molecule has 28 heteroatoms. The Kier molecular flexibility index (Phi) is 21.7. The van der Waals surface area contributed by atoms with E-state index in [1.54, 1.807) is 20.8 Å². The van der Waals surface area contributed by atoms with E-state index in [-0.39, 0.29) is 56.9 Å². The minimum absolute atomic E-state index is 0. The summed E-state index contributed by atoms with van der Waals surface area (Å²) < 4.78 is 213. The van der Waals surface area contributed by atoms with Gasteiger partial charge in [0.05, 0.1) is 54.3 Å². The molecular weight excluding hydrogens is 1060 g/mol. The van der Waals surface area contributed by atoms with Crippen LogP contribution in [0.3, 0.4) is 0 Å². The number of hydrogen-bond donors (Lipinski definition) is 2. The van der Waals surface area contributed by atoms with Gasteiger partial charge in [-0.2, -0.15) is 57.6 Å². The predicted molar refractivity (Wildman–Crippen MR) is 241 cm³/mol. The number of alkyl halides is 12. The molecule has 1 saturated heterocycles. The third kappa shape index (κ3) is 17.6. The standard InChI is InChI=1S/C25H22F7NO6.C24H26F7NO4.B.Li.H/c1-13(14-9-16(24(27,28)29)11-17(10-14)25(30,31)32)37-12-23(15-5-7-18(26)8-6-15)19(34)38-20(35)33(23)21(36)39-22(2,3)4;1-14(15-9-17(23(26,27)28)11-18(10-15)24(29,30)31)35-13-22(12-33,16-5-7-19(25)8-6-16)32-20(34)36-21(2,3)4;;;/h5-11,13H,12H2,1-4H3;5-11,14,33H,12-13H2,1-4H3,(H,32,34);;;/q;;;+1;-1/t13-,23-;14-,22-;;;/m11.../s1. The fourth-order valence-corrected chi connectivity index (χ4v) is 6.94. The van der Waals surface area contributed by atoms with Crippen molar-refractivity contribution in [3.8, 4) is 0 Å². The third-order valence-corrected chi connectivity index (χ3v) is 10.7. The van der Waals surface area contributed by atoms with Crippen molar-refractivity contribution in [2.45, 2.75) is 115 Å². The number of imide groups is 1. The number of alkyl carbamates (subject to hydrolysis) is 1. The van der Waals surface area contributed by atoms with Crippen LogP contribution < -0.4 is 24.2 Å². The molecule has 5 rings (SSSR count). The molecule has 0 spiro atoms. The van der Waals surface area contributed by atoms with E-state index in [9.17, 15) is 85.8 Å². The average molecular weight is 1110 g/mol. The van der Waals surface area contributed by atoms with E-state index in [1.165, 1.54) is 39.8 Å². The number of esters is 1. The number of rotatable bonds is 12. The van der Waals surface area contributed by atoms with Crippen molar-refractivity contribution in [1.29, 1.82) is 0 Å². The summed E-state index contributed by atoms with van der Waals surface area (Å²) in [5.41, 5.74) is -13.6. The van der Waals surface area contributed by atoms with Crippen molar-refractivity contribution in [3.05, 3.63) is 141 Å². The molecule has 0 aromatic heterocycles. The monoisotopic (exact) mass is 1110 g/mol. The second-order valence-electron chi connectivity index (χ2n) is 18.8. The number of ether oxygens (including phenoxy) is 5. The van der Waals surface area contributed by atoms with E-state index in [0.29, 0.717) is 24.3 Å². The summed E-state index contributed by atoms with van der Waals surface area (Å²) in [5, 5.41) is 12.6. The van der Waals surface area contributed by atoms with Crippen LogP contribution in [0, 0.1) is 11.6 Å². The van der Waals surface area contributed by atoms with Crippen molar-refractivity contribution in [2.75, 3.05) is 19.8 Å². The molecule has 3 radical (unpaired) electrons. The minimum atomic E-state index is -5.12. The smallest absolute Gasteiger partial charge is 1.00 e. The Morgan fingerprint density at radius 2 is 1.00 bits per heavy atom. The van der Waals surface area contributed by atoms with Crippen molar-refractivity contribution in [2.24, 2.45) is 0 Å². The largest absolute Gasteiger partial charge is 1.00 e. The van der Waals surface area contributed by atoms with Crippen molar-refractivity contribution >= 4 is 32.7 Å². The molecule has 1 aliphatic rings. The van der Waals surface area contributed by atoms with Gasteiger partial charge >= 0.3 is 67.8 Å². The number of nitrogens with zero attached hydrogens (tertiary/aromatic N) is 1. The van der Waals surface area contributed by atoms with E-state index in [4.69, 9.17) is 18.9 Å². The second-order valence-corrected chi connectivity index (χ2v) is 18.8. The van der Waals surface area contributed by atoms with Crippen LogP contribution in [0.1, 0.15) is 114 Å². The molecule has 3 amide bonds. The Labute approximate surface area is 446 Å². The summed E-state index contributed by atoms with van der Waals surface area (Å²) in [5.74, 6) is -2.74. The van der Waals surface area contributed by atoms with Gasteiger partial charge < -0.3 is 35.5 Å². The Balaban J connectivity index is 0.000000754. The van der Waals surface area contributed by atoms with Crippen LogP contribution in [-0.2, 0) is 64.3 Å². The first-order chi connectivity index (χ1) is 34.1. The molecule has 4 atom stereocenters. The van der Waals surface area contributed by atoms with Gasteiger partial charge in [0.2, 0.25) is 5.54 Å². The van der Waals surface area contributed by atoms with Gasteiger partial charge in [-0.15, -0.1) is 0 Å². The number of cyclic esters (lactones) is 2. The van der Waals surface area contributed by atoms with Gasteiger partial charge in [-0.25, -0.2) is 28.0 Å². The van der Waals surface area contributed by atoms with Gasteiger partial charge in [-0.1, -0.05) is 24.3 Å². The number of nitrogens with one attached hydrogen (secondary N) is 1. The van der Waals surface area contributed by atoms with Gasteiger partial charge in [0.1, 0.15) is 28.4 Å². The number of benzene rings is 4. The van der Waals surface area contributed by atoms with Crippen LogP contribution in [-0.4, -0.2) is 73.7 Å². The number of halogens is 14. The maximum absolute atomic E-state index is 13.7. The zero-order valence-corrected chi connectivity index (χ0v) is 42.3. The van der Waals surface area contributed by atoms with Crippen LogP contribution in [0.5, 0.6) is 0 Å². The van der Waals surface area contributed by atoms with Crippen LogP contribution in [0.25, 0.3) is 0 Å². The van der Waals surface area contributed by atoms with Crippen molar-refractivity contribution in [3.63, 3.8) is 0 Å². The summed E-state index contributed by atoms with van der Waals surface area (Å²) in [6.45, 7) is 9.02. The first-order valence-electron chi connectivity index (χ1n) is 21.9. The molecule has 77 heavy (non-hydrogen) atoms. The molecule has 0 unspecified atom stereocenters. The maximum Gasteiger partial charge on any atom is 1.00 e. The Hall–Kier alpha value is -5.88. The fourth-order valence-electron chi connectivity index (χ4n) is 6.94. The third-order valence-electron chi connectivity index (χ3n) is 10.7. The van der Waals surface area contributed by atoms with E-state index in [0.717, 1.165) is 43.3 Å². The van der Waals surface area contributed by atoms with Gasteiger partial charge in [0.15, 0.2) is 0 Å². The molecule has 4 aromatic rings. The molecule has 2 N–H and O–H groups in total. The van der Waals surface area contributed by atoms with Crippen LogP contribution in [0.4, 0.5) is 75.8 Å². The zero-order valence-electron chi connectivity index (χ0n) is 43.3. The molecule has 1 fully saturated rings. The van der Waals surface area contributed by atoms with Gasteiger partial charge in [0, 0.05) is 8.41 Å². The number of amides is 3. The van der Waals surface area contributed by atoms with Gasteiger partial charge in [0.25, 0.3) is 0 Å². The molecule has 417 valence electrons. The van der Waals surface area contributed by atoms with Crippen LogP contribution in [0.15, 0.2) is 84.9 Å². The average Bonchev–Trinajstić information content (AvgIpc) is 3.53. The molecule has 12 nitrogen and oxygen atoms in total. The summed E-state index contributed by atoms with van der Waals surface area (Å²) in [4.78, 5) is 51.3. The summed E-state index contributed by atoms with van der Waals surface area (Å²) >= 11 is 0. The van der Waals surface area contributed by atoms with E-state index in [1.807, 2.05) is 0 Å². The molecule has 4 aromatic carbocycles. The number of hydrogen-bond acceptors (Lipinski definition) is 10. The zero-order chi connectivity index (χ0) is 57.1. The predicted octanol–water partition coefficient (Wildman–Crippen LogP) is 9.84. The quantitative estimate of drug-likeness (QED) is 0.0462. The minimum Gasteiger partial charge on any atom is -1.00 e. The van der Waals surface area contributed by atoms with Crippen molar-refractivity contribution < 1.29 is 130 Å². The number of aliphatic hydroxyl groups excluding tert-OH is 1. The molecule has 0 saturated carbocycles. The normalized spacial score (nSPS) is 16.8. The summed E-state index contributed by atoms with van der Waals surface area (Å²) in [7, 11) is 0. The first-order valence-corrected chi connectivity index (χ1v) is 21.9. The fraction of sp³-hybridized carbons (Fsp3) is 0.429. The molecular formula is C49H49BF14LiN2O10. The maximum atomic E-state index is 13.7. The van der Waals surface area contributed by atoms with E-state index in [2.05, 4.69) is 10.1 Å². The molecule has 0 bridgehead atoms. The number of carbonyl (C=O) groups is 4. The molecule has 1 aliphatic heterocycles. The number of aliphatic hydroxyl groups is 1. The van der Waals surface area contributed by atoms with Crippen LogP contribution in [0.2, 0.25) is 0 Å². The van der Waals surface area contributed by atoms with Crippen molar-refractivity contribution in [1.82, 2.24) is 10.2 Å². The summed E-state index contributed by atoms with van der Waals surface area (Å²) in [6, 6.07) is 10.3. The SMILES string of the molecule is C[C@@H](OC[C@@](CO)(NC(=O)OC(C)(C)C)c1ccc(F)cc1)c1cc(C(F)(F)F)cc(C(F)(F)F)c1.C[C@@H](OC[C@@]1(c2ccc(F)cc2)C(=O)OC(=O)N1C(=O)OC(C)(C)C)c1cc(C(F)(F)F)cc(C(F)(F)F)c1.[B].[H-].[Li+]. The topological polar surface area (TPSA) is 150 Å². The molecule has 1 heterocycles. The summed E-state index contributed by atoms with van der Waals surface area (Å²) in [6.07, 6.45) is -27.0. The van der Waals surface area contributed by atoms with Crippen LogP contribution >= 0.6 is 0 Å². The van der Waals surface area contributed by atoms with Gasteiger partial charge in [-0.3, -0.25) is 0 Å². The Morgan fingerprint density at radius 3 is 1.36 bits per heavy atom. The first kappa shape index (κ1) is 67.2. The Bertz CT molecular complexity index is 2640. The van der Waals surface area contributed by atoms with E-state index >= 15 is 0 Å². The molecule has 0 aliphatic carbocycles. The van der Waals surface area contributed by atoms with Gasteiger partial charge in [-0.05, 0) is 138 Å². The number of carbonyl (C=O) groups excluding carboxylic acids is 4.